The molecule has 2 aliphatic carbocycles. The maximum Gasteiger partial charge on any atom is 0.426 e. The third kappa shape index (κ3) is 6.71. The Morgan fingerprint density at radius 3 is 2.03 bits per heavy atom. The van der Waals surface area contributed by atoms with Gasteiger partial charge in [0.15, 0.2) is 11.6 Å². The topological polar surface area (TPSA) is 18.5 Å². The van der Waals surface area contributed by atoms with Crippen LogP contribution in [0, 0.1) is 23.6 Å². The van der Waals surface area contributed by atoms with E-state index in [0.717, 1.165) is 48.3 Å². The van der Waals surface area contributed by atoms with E-state index in [-0.39, 0.29) is 5.56 Å². The lowest BCUT2D eigenvalue weighted by molar-refractivity contribution is -0.185. The first-order valence-corrected chi connectivity index (χ1v) is 13.2. The van der Waals surface area contributed by atoms with Crippen molar-refractivity contribution in [3.05, 3.63) is 59.4 Å². The molecule has 2 aliphatic rings. The smallest absolute Gasteiger partial charge is 0.426 e. The average Bonchev–Trinajstić information content (AvgIpc) is 2.86. The standard InChI is InChI=1S/C29H35F5O2/c1-2-3-19-4-6-20(7-5-19)21-8-10-22(11-9-21)23-12-14-24(15-13-23)29(33,34)36-25-16-17-27(26(30)18-25)35-28(31)32/h12-22,28H,2-11H2,1H3/t19-,20-,21-,22-. The highest BCUT2D eigenvalue weighted by Crippen LogP contribution is 2.45. The van der Waals surface area contributed by atoms with Gasteiger partial charge in [-0.3, -0.25) is 0 Å². The van der Waals surface area contributed by atoms with Crippen molar-refractivity contribution in [3.8, 4) is 11.5 Å². The van der Waals surface area contributed by atoms with E-state index in [4.69, 9.17) is 4.74 Å². The zero-order valence-electron chi connectivity index (χ0n) is 20.7. The largest absolute Gasteiger partial charge is 0.432 e. The minimum atomic E-state index is -3.70. The molecule has 0 amide bonds. The summed E-state index contributed by atoms with van der Waals surface area (Å²) >= 11 is 0. The summed E-state index contributed by atoms with van der Waals surface area (Å²) in [6.45, 7) is -0.948. The Kier molecular flexibility index (Phi) is 8.78. The second-order valence-electron chi connectivity index (χ2n) is 10.4. The first kappa shape index (κ1) is 26.7. The molecule has 36 heavy (non-hydrogen) atoms. The van der Waals surface area contributed by atoms with Crippen LogP contribution < -0.4 is 9.47 Å². The number of ether oxygens (including phenoxy) is 2. The fraction of sp³-hybridized carbons (Fsp3) is 0.586. The van der Waals surface area contributed by atoms with Gasteiger partial charge in [-0.1, -0.05) is 44.7 Å². The minimum Gasteiger partial charge on any atom is -0.432 e. The van der Waals surface area contributed by atoms with E-state index in [1.165, 1.54) is 63.5 Å². The summed E-state index contributed by atoms with van der Waals surface area (Å²) in [6.07, 6.45) is 8.96. The van der Waals surface area contributed by atoms with Crippen molar-refractivity contribution in [2.24, 2.45) is 17.8 Å². The second-order valence-corrected chi connectivity index (χ2v) is 10.4. The molecule has 2 fully saturated rings. The average molecular weight is 511 g/mol. The molecule has 0 bridgehead atoms. The van der Waals surface area contributed by atoms with Crippen molar-refractivity contribution < 1.29 is 31.4 Å². The molecular formula is C29H35F5O2. The highest BCUT2D eigenvalue weighted by Gasteiger charge is 2.36. The van der Waals surface area contributed by atoms with Gasteiger partial charge in [-0.2, -0.15) is 17.6 Å². The van der Waals surface area contributed by atoms with Crippen LogP contribution in [0.15, 0.2) is 42.5 Å². The molecule has 0 heterocycles. The molecule has 2 aromatic rings. The Hall–Kier alpha value is -2.31. The monoisotopic (exact) mass is 510 g/mol. The third-order valence-corrected chi connectivity index (χ3v) is 8.11. The van der Waals surface area contributed by atoms with Crippen molar-refractivity contribution >= 4 is 0 Å². The molecule has 2 nitrogen and oxygen atoms in total. The van der Waals surface area contributed by atoms with Crippen molar-refractivity contribution in [3.63, 3.8) is 0 Å². The molecule has 2 aromatic carbocycles. The molecule has 0 N–H and O–H groups in total. The second kappa shape index (κ2) is 11.8. The highest BCUT2D eigenvalue weighted by atomic mass is 19.3. The lowest BCUT2D eigenvalue weighted by Gasteiger charge is -2.38. The van der Waals surface area contributed by atoms with E-state index >= 15 is 0 Å². The fourth-order valence-electron chi connectivity index (χ4n) is 6.17. The van der Waals surface area contributed by atoms with Gasteiger partial charge in [-0.05, 0) is 92.0 Å². The molecule has 198 valence electrons. The van der Waals surface area contributed by atoms with E-state index in [2.05, 4.69) is 11.7 Å². The van der Waals surface area contributed by atoms with Crippen LogP contribution in [0.1, 0.15) is 88.2 Å². The molecule has 0 spiro atoms. The molecular weight excluding hydrogens is 475 g/mol. The molecule has 4 rings (SSSR count). The number of hydrogen-bond acceptors (Lipinski definition) is 2. The summed E-state index contributed by atoms with van der Waals surface area (Å²) in [6, 6.07) is 8.57. The molecule has 0 aliphatic heterocycles. The zero-order chi connectivity index (χ0) is 25.7. The van der Waals surface area contributed by atoms with Crippen LogP contribution in [0.25, 0.3) is 0 Å². The summed E-state index contributed by atoms with van der Waals surface area (Å²) in [5, 5.41) is 0. The van der Waals surface area contributed by atoms with Crippen molar-refractivity contribution in [1.82, 2.24) is 0 Å². The quantitative estimate of drug-likeness (QED) is 0.313. The maximum atomic E-state index is 14.7. The molecule has 0 aromatic heterocycles. The Morgan fingerprint density at radius 1 is 0.861 bits per heavy atom. The first-order valence-electron chi connectivity index (χ1n) is 13.2. The Bertz CT molecular complexity index is 962. The predicted octanol–water partition coefficient (Wildman–Crippen LogP) is 9.44. The van der Waals surface area contributed by atoms with Crippen LogP contribution in [0.5, 0.6) is 11.5 Å². The zero-order valence-corrected chi connectivity index (χ0v) is 20.7. The third-order valence-electron chi connectivity index (χ3n) is 8.11. The minimum absolute atomic E-state index is 0.350. The number of alkyl halides is 4. The Balaban J connectivity index is 1.30. The summed E-state index contributed by atoms with van der Waals surface area (Å²) in [5.41, 5.74) is 0.705. The first-order chi connectivity index (χ1) is 17.2. The van der Waals surface area contributed by atoms with Gasteiger partial charge in [0.1, 0.15) is 5.75 Å². The Labute approximate surface area is 210 Å². The van der Waals surface area contributed by atoms with Gasteiger partial charge in [0.25, 0.3) is 0 Å². The van der Waals surface area contributed by atoms with Crippen LogP contribution in [0.2, 0.25) is 0 Å². The molecule has 7 heteroatoms. The SMILES string of the molecule is CCC[C@H]1CC[C@H]([C@H]2CC[C@H](c3ccc(C(F)(F)Oc4ccc(OC(F)F)c(F)c4)cc3)CC2)CC1. The van der Waals surface area contributed by atoms with E-state index in [1.807, 2.05) is 0 Å². The van der Waals surface area contributed by atoms with Crippen LogP contribution in [-0.4, -0.2) is 6.61 Å². The number of benzene rings is 2. The molecule has 0 radical (unpaired) electrons. The predicted molar refractivity (Wildman–Crippen MR) is 129 cm³/mol. The number of rotatable bonds is 9. The van der Waals surface area contributed by atoms with Crippen molar-refractivity contribution in [1.29, 1.82) is 0 Å². The van der Waals surface area contributed by atoms with E-state index < -0.39 is 30.0 Å². The van der Waals surface area contributed by atoms with Gasteiger partial charge in [-0.25, -0.2) is 4.39 Å². The van der Waals surface area contributed by atoms with E-state index in [1.54, 1.807) is 12.1 Å². The van der Waals surface area contributed by atoms with Gasteiger partial charge in [0, 0.05) is 6.07 Å². The Morgan fingerprint density at radius 2 is 1.47 bits per heavy atom. The summed E-state index contributed by atoms with van der Waals surface area (Å²) in [7, 11) is 0. The normalized spacial score (nSPS) is 25.1. The van der Waals surface area contributed by atoms with Gasteiger partial charge < -0.3 is 9.47 Å². The number of hydrogen-bond donors (Lipinski definition) is 0. The fourth-order valence-corrected chi connectivity index (χ4v) is 6.17. The lowest BCUT2D eigenvalue weighted by atomic mass is 9.68. The maximum absolute atomic E-state index is 14.7. The van der Waals surface area contributed by atoms with Crippen molar-refractivity contribution in [2.45, 2.75) is 89.8 Å². The van der Waals surface area contributed by atoms with Crippen LogP contribution >= 0.6 is 0 Å². The van der Waals surface area contributed by atoms with E-state index in [9.17, 15) is 22.0 Å². The van der Waals surface area contributed by atoms with Gasteiger partial charge >= 0.3 is 12.7 Å². The van der Waals surface area contributed by atoms with Crippen LogP contribution in [-0.2, 0) is 6.11 Å². The summed E-state index contributed by atoms with van der Waals surface area (Å²) in [5.74, 6) is 0.508. The van der Waals surface area contributed by atoms with Crippen LogP contribution in [0.3, 0.4) is 0 Å². The summed E-state index contributed by atoms with van der Waals surface area (Å²) in [4.78, 5) is 0. The molecule has 0 atom stereocenters. The van der Waals surface area contributed by atoms with Gasteiger partial charge in [0.05, 0.1) is 5.56 Å². The number of halogens is 5. The summed E-state index contributed by atoms with van der Waals surface area (Å²) < 4.78 is 76.5. The van der Waals surface area contributed by atoms with E-state index in [0.29, 0.717) is 12.0 Å². The lowest BCUT2D eigenvalue weighted by Crippen LogP contribution is -2.25. The molecule has 2 saturated carbocycles. The van der Waals surface area contributed by atoms with Gasteiger partial charge in [0.2, 0.25) is 0 Å². The van der Waals surface area contributed by atoms with Gasteiger partial charge in [-0.15, -0.1) is 0 Å². The molecule has 0 saturated heterocycles. The highest BCUT2D eigenvalue weighted by molar-refractivity contribution is 5.34. The van der Waals surface area contributed by atoms with Crippen LogP contribution in [0.4, 0.5) is 22.0 Å². The molecule has 0 unspecified atom stereocenters. The van der Waals surface area contributed by atoms with Crippen molar-refractivity contribution in [2.75, 3.05) is 0 Å².